The molecule has 0 spiro atoms. The van der Waals surface area contributed by atoms with E-state index in [2.05, 4.69) is 27.8 Å². The third-order valence-corrected chi connectivity index (χ3v) is 4.13. The van der Waals surface area contributed by atoms with Gasteiger partial charge in [-0.15, -0.1) is 0 Å². The van der Waals surface area contributed by atoms with E-state index in [1.807, 2.05) is 26.2 Å². The lowest BCUT2D eigenvalue weighted by atomic mass is 10.1. The van der Waals surface area contributed by atoms with Gasteiger partial charge in [0.25, 0.3) is 0 Å². The number of benzene rings is 2. The maximum atomic E-state index is 13.5. The molecule has 3 aromatic rings. The fourth-order valence-electron chi connectivity index (χ4n) is 2.68. The van der Waals surface area contributed by atoms with Crippen molar-refractivity contribution >= 4 is 22.3 Å². The number of anilines is 2. The van der Waals surface area contributed by atoms with Crippen LogP contribution in [0.15, 0.2) is 36.5 Å². The van der Waals surface area contributed by atoms with Crippen LogP contribution >= 0.6 is 0 Å². The highest BCUT2D eigenvalue weighted by atomic mass is 19.1. The van der Waals surface area contributed by atoms with Gasteiger partial charge >= 0.3 is 0 Å². The first-order chi connectivity index (χ1) is 10.6. The Bertz CT molecular complexity index is 821. The Morgan fingerprint density at radius 1 is 1.09 bits per heavy atom. The summed E-state index contributed by atoms with van der Waals surface area (Å²) < 4.78 is 13.5. The summed E-state index contributed by atoms with van der Waals surface area (Å²) in [6.45, 7) is 4.57. The predicted octanol–water partition coefficient (Wildman–Crippen LogP) is 4.39. The lowest BCUT2D eigenvalue weighted by Gasteiger charge is -2.12. The van der Waals surface area contributed by atoms with Crippen molar-refractivity contribution in [2.45, 2.75) is 20.4 Å². The topological polar surface area (TPSA) is 39.9 Å². The second-order valence-corrected chi connectivity index (χ2v) is 5.57. The normalized spacial score (nSPS) is 11.1. The number of nitrogens with one attached hydrogen (secondary N) is 3. The van der Waals surface area contributed by atoms with Crippen molar-refractivity contribution in [2.75, 3.05) is 12.4 Å². The van der Waals surface area contributed by atoms with Crippen LogP contribution in [0.25, 0.3) is 10.9 Å². The smallest absolute Gasteiger partial charge is 0.126 e. The lowest BCUT2D eigenvalue weighted by molar-refractivity contribution is 0.617. The second-order valence-electron chi connectivity index (χ2n) is 5.57. The molecule has 0 saturated carbocycles. The monoisotopic (exact) mass is 297 g/mol. The molecule has 0 unspecified atom stereocenters. The molecular formula is C18H20FN3. The zero-order valence-corrected chi connectivity index (χ0v) is 13.0. The maximum Gasteiger partial charge on any atom is 0.126 e. The SMILES string of the molecule is CNCc1c[nH]c2cc(Nc3ccc(F)c(C)c3C)ccc12. The minimum absolute atomic E-state index is 0.167. The van der Waals surface area contributed by atoms with E-state index in [0.29, 0.717) is 5.56 Å². The maximum absolute atomic E-state index is 13.5. The minimum Gasteiger partial charge on any atom is -0.361 e. The summed E-state index contributed by atoms with van der Waals surface area (Å²) in [5.41, 5.74) is 5.87. The highest BCUT2D eigenvalue weighted by Gasteiger charge is 2.08. The summed E-state index contributed by atoms with van der Waals surface area (Å²) >= 11 is 0. The Hall–Kier alpha value is -2.33. The third-order valence-electron chi connectivity index (χ3n) is 4.13. The summed E-state index contributed by atoms with van der Waals surface area (Å²) in [6, 6.07) is 9.51. The molecule has 3 rings (SSSR count). The van der Waals surface area contributed by atoms with E-state index in [1.54, 1.807) is 13.0 Å². The number of fused-ring (bicyclic) bond motifs is 1. The molecule has 3 nitrogen and oxygen atoms in total. The van der Waals surface area contributed by atoms with Gasteiger partial charge in [0.15, 0.2) is 0 Å². The molecule has 2 aromatic carbocycles. The quantitative estimate of drug-likeness (QED) is 0.668. The number of aromatic amines is 1. The number of H-pyrrole nitrogens is 1. The van der Waals surface area contributed by atoms with Gasteiger partial charge in [-0.25, -0.2) is 4.39 Å². The summed E-state index contributed by atoms with van der Waals surface area (Å²) in [6.07, 6.45) is 2.03. The van der Waals surface area contributed by atoms with E-state index in [4.69, 9.17) is 0 Å². The number of hydrogen-bond acceptors (Lipinski definition) is 2. The number of rotatable bonds is 4. The molecule has 1 aromatic heterocycles. The van der Waals surface area contributed by atoms with Gasteiger partial charge in [-0.2, -0.15) is 0 Å². The predicted molar refractivity (Wildman–Crippen MR) is 90.2 cm³/mol. The first kappa shape index (κ1) is 14.6. The molecule has 0 bridgehead atoms. The van der Waals surface area contributed by atoms with Crippen molar-refractivity contribution < 1.29 is 4.39 Å². The zero-order valence-electron chi connectivity index (χ0n) is 13.0. The van der Waals surface area contributed by atoms with Gasteiger partial charge in [0.1, 0.15) is 5.82 Å². The van der Waals surface area contributed by atoms with E-state index in [-0.39, 0.29) is 5.82 Å². The van der Waals surface area contributed by atoms with Crippen LogP contribution in [0.3, 0.4) is 0 Å². The Balaban J connectivity index is 1.93. The number of halogens is 1. The average Bonchev–Trinajstić information content (AvgIpc) is 2.91. The van der Waals surface area contributed by atoms with Crippen molar-refractivity contribution in [3.05, 3.63) is 59.0 Å². The van der Waals surface area contributed by atoms with E-state index in [0.717, 1.165) is 29.0 Å². The van der Waals surface area contributed by atoms with Gasteiger partial charge in [-0.3, -0.25) is 0 Å². The molecule has 0 amide bonds. The molecule has 4 heteroatoms. The van der Waals surface area contributed by atoms with Crippen LogP contribution in [0.2, 0.25) is 0 Å². The molecule has 0 radical (unpaired) electrons. The summed E-state index contributed by atoms with van der Waals surface area (Å²) in [5, 5.41) is 7.75. The molecule has 0 aliphatic rings. The summed E-state index contributed by atoms with van der Waals surface area (Å²) in [5.74, 6) is -0.167. The lowest BCUT2D eigenvalue weighted by Crippen LogP contribution is -2.03. The third kappa shape index (κ3) is 2.57. The number of aromatic nitrogens is 1. The van der Waals surface area contributed by atoms with Crippen LogP contribution in [-0.4, -0.2) is 12.0 Å². The highest BCUT2D eigenvalue weighted by Crippen LogP contribution is 2.27. The summed E-state index contributed by atoms with van der Waals surface area (Å²) in [4.78, 5) is 3.29. The molecule has 0 saturated heterocycles. The standard InChI is InChI=1S/C18H20FN3/c1-11-12(2)17(7-6-16(11)19)22-14-4-5-15-13(9-20-3)10-21-18(15)8-14/h4-8,10,20-22H,9H2,1-3H3. The van der Waals surface area contributed by atoms with Gasteiger partial charge in [0.05, 0.1) is 0 Å². The van der Waals surface area contributed by atoms with E-state index in [1.165, 1.54) is 17.0 Å². The molecule has 0 fully saturated rings. The Morgan fingerprint density at radius 2 is 1.91 bits per heavy atom. The molecule has 1 heterocycles. The first-order valence-corrected chi connectivity index (χ1v) is 7.37. The molecular weight excluding hydrogens is 277 g/mol. The Labute approximate surface area is 129 Å². The molecule has 0 atom stereocenters. The Kier molecular flexibility index (Phi) is 3.86. The molecule has 3 N–H and O–H groups in total. The van der Waals surface area contributed by atoms with Crippen molar-refractivity contribution in [3.8, 4) is 0 Å². The number of hydrogen-bond donors (Lipinski definition) is 3. The van der Waals surface area contributed by atoms with E-state index < -0.39 is 0 Å². The first-order valence-electron chi connectivity index (χ1n) is 7.37. The molecule has 0 aliphatic carbocycles. The van der Waals surface area contributed by atoms with Gasteiger partial charge < -0.3 is 15.6 Å². The van der Waals surface area contributed by atoms with Crippen LogP contribution in [0, 0.1) is 19.7 Å². The van der Waals surface area contributed by atoms with Gasteiger partial charge in [-0.1, -0.05) is 6.07 Å². The van der Waals surface area contributed by atoms with Crippen LogP contribution in [0.1, 0.15) is 16.7 Å². The zero-order chi connectivity index (χ0) is 15.7. The molecule has 0 aliphatic heterocycles. The van der Waals surface area contributed by atoms with Crippen molar-refractivity contribution in [1.82, 2.24) is 10.3 Å². The van der Waals surface area contributed by atoms with E-state index in [9.17, 15) is 4.39 Å². The van der Waals surface area contributed by atoms with E-state index >= 15 is 0 Å². The van der Waals surface area contributed by atoms with Crippen LogP contribution in [0.5, 0.6) is 0 Å². The summed E-state index contributed by atoms with van der Waals surface area (Å²) in [7, 11) is 1.94. The minimum atomic E-state index is -0.167. The largest absolute Gasteiger partial charge is 0.361 e. The second kappa shape index (κ2) is 5.81. The fourth-order valence-corrected chi connectivity index (χ4v) is 2.68. The van der Waals surface area contributed by atoms with Crippen LogP contribution in [0.4, 0.5) is 15.8 Å². The van der Waals surface area contributed by atoms with Crippen LogP contribution < -0.4 is 10.6 Å². The fraction of sp³-hybridized carbons (Fsp3) is 0.222. The van der Waals surface area contributed by atoms with Crippen LogP contribution in [-0.2, 0) is 6.54 Å². The molecule has 22 heavy (non-hydrogen) atoms. The van der Waals surface area contributed by atoms with Crippen molar-refractivity contribution in [3.63, 3.8) is 0 Å². The van der Waals surface area contributed by atoms with Gasteiger partial charge in [0.2, 0.25) is 0 Å². The van der Waals surface area contributed by atoms with Crippen molar-refractivity contribution in [1.29, 1.82) is 0 Å². The van der Waals surface area contributed by atoms with Gasteiger partial charge in [0, 0.05) is 35.0 Å². The average molecular weight is 297 g/mol. The molecule has 114 valence electrons. The van der Waals surface area contributed by atoms with Gasteiger partial charge in [-0.05, 0) is 61.9 Å². The van der Waals surface area contributed by atoms with Crippen molar-refractivity contribution in [2.24, 2.45) is 0 Å². The Morgan fingerprint density at radius 3 is 2.68 bits per heavy atom. The highest BCUT2D eigenvalue weighted by molar-refractivity contribution is 5.87.